The molecule has 5 rings (SSSR count). The fourth-order valence-electron chi connectivity index (χ4n) is 4.24. The Morgan fingerprint density at radius 1 is 0.970 bits per heavy atom. The minimum Gasteiger partial charge on any atom is -0.454 e. The van der Waals surface area contributed by atoms with Crippen molar-refractivity contribution in [3.8, 4) is 11.5 Å². The van der Waals surface area contributed by atoms with Crippen molar-refractivity contribution in [2.75, 3.05) is 45.0 Å². The molecule has 1 fully saturated rings. The van der Waals surface area contributed by atoms with E-state index in [1.165, 1.54) is 0 Å². The third-order valence-electron chi connectivity index (χ3n) is 6.13. The number of nitrogens with one attached hydrogen (secondary N) is 1. The SMILES string of the molecule is O=C(CCc1ccc2c(c1)OCO2)Nc1cccc2c(=O)n(CCN3CCOCC3)ccc12. The number of rotatable bonds is 7. The number of carbonyl (C=O) groups is 1. The summed E-state index contributed by atoms with van der Waals surface area (Å²) >= 11 is 0. The number of hydrogen-bond acceptors (Lipinski definition) is 6. The molecule has 0 spiro atoms. The van der Waals surface area contributed by atoms with Gasteiger partial charge in [0.1, 0.15) is 0 Å². The maximum atomic E-state index is 13.0. The first-order valence-corrected chi connectivity index (χ1v) is 11.3. The van der Waals surface area contributed by atoms with E-state index in [1.807, 2.05) is 48.7 Å². The van der Waals surface area contributed by atoms with Crippen LogP contribution in [0.5, 0.6) is 11.5 Å². The Morgan fingerprint density at radius 2 is 1.82 bits per heavy atom. The van der Waals surface area contributed by atoms with E-state index in [-0.39, 0.29) is 18.3 Å². The van der Waals surface area contributed by atoms with Crippen LogP contribution in [0.25, 0.3) is 10.8 Å². The second-order valence-electron chi connectivity index (χ2n) is 8.27. The van der Waals surface area contributed by atoms with E-state index in [4.69, 9.17) is 14.2 Å². The predicted octanol–water partition coefficient (Wildman–Crippen LogP) is 2.63. The molecule has 8 nitrogen and oxygen atoms in total. The molecule has 0 saturated carbocycles. The zero-order valence-electron chi connectivity index (χ0n) is 18.4. The molecule has 0 bridgehead atoms. The van der Waals surface area contributed by atoms with Crippen molar-refractivity contribution >= 4 is 22.4 Å². The number of fused-ring (bicyclic) bond motifs is 2. The monoisotopic (exact) mass is 449 g/mol. The van der Waals surface area contributed by atoms with Gasteiger partial charge in [-0.15, -0.1) is 0 Å². The molecular weight excluding hydrogens is 422 g/mol. The highest BCUT2D eigenvalue weighted by molar-refractivity contribution is 6.01. The number of morpholine rings is 1. The number of amides is 1. The lowest BCUT2D eigenvalue weighted by Gasteiger charge is -2.26. The molecular formula is C25H27N3O5. The number of carbonyl (C=O) groups excluding carboxylic acids is 1. The Balaban J connectivity index is 1.24. The quantitative estimate of drug-likeness (QED) is 0.597. The first-order chi connectivity index (χ1) is 16.2. The maximum absolute atomic E-state index is 13.0. The fraction of sp³-hybridized carbons (Fsp3) is 0.360. The van der Waals surface area contributed by atoms with Crippen LogP contribution in [0.3, 0.4) is 0 Å². The topological polar surface area (TPSA) is 82.0 Å². The molecule has 0 radical (unpaired) electrons. The normalized spacial score (nSPS) is 15.6. The molecule has 1 amide bonds. The van der Waals surface area contributed by atoms with E-state index in [0.29, 0.717) is 36.2 Å². The van der Waals surface area contributed by atoms with Gasteiger partial charge in [-0.3, -0.25) is 14.5 Å². The van der Waals surface area contributed by atoms with Gasteiger partial charge in [-0.1, -0.05) is 12.1 Å². The minimum atomic E-state index is -0.100. The van der Waals surface area contributed by atoms with Gasteiger partial charge in [0, 0.05) is 55.3 Å². The van der Waals surface area contributed by atoms with Gasteiger partial charge in [0.15, 0.2) is 11.5 Å². The molecule has 172 valence electrons. The van der Waals surface area contributed by atoms with E-state index in [2.05, 4.69) is 10.2 Å². The van der Waals surface area contributed by atoms with Crippen molar-refractivity contribution < 1.29 is 19.0 Å². The van der Waals surface area contributed by atoms with Gasteiger partial charge in [-0.05, 0) is 42.3 Å². The van der Waals surface area contributed by atoms with E-state index < -0.39 is 0 Å². The molecule has 0 atom stereocenters. The average molecular weight is 450 g/mol. The number of ether oxygens (including phenoxy) is 3. The van der Waals surface area contributed by atoms with Gasteiger partial charge in [-0.25, -0.2) is 0 Å². The van der Waals surface area contributed by atoms with Gasteiger partial charge < -0.3 is 24.1 Å². The molecule has 1 aromatic heterocycles. The molecule has 2 aliphatic heterocycles. The molecule has 1 N–H and O–H groups in total. The zero-order valence-corrected chi connectivity index (χ0v) is 18.4. The number of anilines is 1. The van der Waals surface area contributed by atoms with E-state index >= 15 is 0 Å². The van der Waals surface area contributed by atoms with E-state index in [1.54, 1.807) is 4.57 Å². The third kappa shape index (κ3) is 4.86. The predicted molar refractivity (Wildman–Crippen MR) is 125 cm³/mol. The van der Waals surface area contributed by atoms with E-state index in [9.17, 15) is 9.59 Å². The summed E-state index contributed by atoms with van der Waals surface area (Å²) in [6, 6.07) is 13.1. The lowest BCUT2D eigenvalue weighted by atomic mass is 10.1. The van der Waals surface area contributed by atoms with Crippen molar-refractivity contribution in [2.45, 2.75) is 19.4 Å². The minimum absolute atomic E-state index is 0.0442. The second-order valence-corrected chi connectivity index (χ2v) is 8.27. The van der Waals surface area contributed by atoms with Gasteiger partial charge in [0.05, 0.1) is 13.2 Å². The summed E-state index contributed by atoms with van der Waals surface area (Å²) in [6.45, 7) is 4.94. The maximum Gasteiger partial charge on any atom is 0.258 e. The summed E-state index contributed by atoms with van der Waals surface area (Å²) in [5, 5.41) is 4.33. The number of nitrogens with zero attached hydrogens (tertiary/aromatic N) is 2. The molecule has 2 aliphatic rings. The molecule has 3 heterocycles. The molecule has 0 aliphatic carbocycles. The van der Waals surface area contributed by atoms with Crippen LogP contribution >= 0.6 is 0 Å². The first kappa shape index (κ1) is 21.5. The van der Waals surface area contributed by atoms with Crippen molar-refractivity contribution in [3.63, 3.8) is 0 Å². The zero-order chi connectivity index (χ0) is 22.6. The highest BCUT2D eigenvalue weighted by Crippen LogP contribution is 2.32. The number of hydrogen-bond donors (Lipinski definition) is 1. The van der Waals surface area contributed by atoms with Crippen LogP contribution in [-0.2, 0) is 22.5 Å². The summed E-state index contributed by atoms with van der Waals surface area (Å²) in [4.78, 5) is 28.0. The average Bonchev–Trinajstić information content (AvgIpc) is 3.31. The molecule has 3 aromatic rings. The highest BCUT2D eigenvalue weighted by atomic mass is 16.7. The summed E-state index contributed by atoms with van der Waals surface area (Å²) in [5.74, 6) is 1.35. The molecule has 1 saturated heterocycles. The smallest absolute Gasteiger partial charge is 0.258 e. The molecule has 0 unspecified atom stereocenters. The van der Waals surface area contributed by atoms with Crippen molar-refractivity contribution in [1.29, 1.82) is 0 Å². The van der Waals surface area contributed by atoms with Gasteiger partial charge in [0.2, 0.25) is 12.7 Å². The van der Waals surface area contributed by atoms with Crippen molar-refractivity contribution in [1.82, 2.24) is 9.47 Å². The Hall–Kier alpha value is -3.36. The Labute approximate surface area is 191 Å². The summed E-state index contributed by atoms with van der Waals surface area (Å²) < 4.78 is 17.8. The first-order valence-electron chi connectivity index (χ1n) is 11.3. The van der Waals surface area contributed by atoms with Gasteiger partial charge >= 0.3 is 0 Å². The summed E-state index contributed by atoms with van der Waals surface area (Å²) in [7, 11) is 0. The lowest BCUT2D eigenvalue weighted by molar-refractivity contribution is -0.116. The van der Waals surface area contributed by atoms with Crippen LogP contribution in [0.1, 0.15) is 12.0 Å². The Bertz CT molecular complexity index is 1220. The standard InChI is InChI=1S/C25H27N3O5/c29-24(7-5-18-4-6-22-23(16-18)33-17-32-22)26-21-3-1-2-20-19(21)8-9-28(25(20)30)11-10-27-12-14-31-15-13-27/h1-4,6,8-9,16H,5,7,10-15,17H2,(H,26,29). The van der Waals surface area contributed by atoms with Crippen molar-refractivity contribution in [3.05, 3.63) is 64.6 Å². The third-order valence-corrected chi connectivity index (χ3v) is 6.13. The molecule has 33 heavy (non-hydrogen) atoms. The van der Waals surface area contributed by atoms with Gasteiger partial charge in [-0.2, -0.15) is 0 Å². The second kappa shape index (κ2) is 9.64. The summed E-state index contributed by atoms with van der Waals surface area (Å²) in [5.41, 5.74) is 1.62. The number of aromatic nitrogens is 1. The van der Waals surface area contributed by atoms with Crippen LogP contribution < -0.4 is 20.3 Å². The Kier molecular flexibility index (Phi) is 6.28. The van der Waals surface area contributed by atoms with Crippen LogP contribution in [0.2, 0.25) is 0 Å². The largest absolute Gasteiger partial charge is 0.454 e. The Morgan fingerprint density at radius 3 is 2.70 bits per heavy atom. The van der Waals surface area contributed by atoms with Crippen molar-refractivity contribution in [2.24, 2.45) is 0 Å². The summed E-state index contributed by atoms with van der Waals surface area (Å²) in [6.07, 6.45) is 2.72. The van der Waals surface area contributed by atoms with E-state index in [0.717, 1.165) is 49.5 Å². The number of pyridine rings is 1. The van der Waals surface area contributed by atoms with Crippen LogP contribution in [0.4, 0.5) is 5.69 Å². The van der Waals surface area contributed by atoms with Crippen LogP contribution in [0.15, 0.2) is 53.5 Å². The fourth-order valence-corrected chi connectivity index (χ4v) is 4.24. The molecule has 8 heteroatoms. The number of benzene rings is 2. The molecule has 2 aromatic carbocycles. The van der Waals surface area contributed by atoms with Gasteiger partial charge in [0.25, 0.3) is 5.56 Å². The lowest BCUT2D eigenvalue weighted by Crippen LogP contribution is -2.39. The van der Waals surface area contributed by atoms with Crippen LogP contribution in [0, 0.1) is 0 Å². The van der Waals surface area contributed by atoms with Crippen LogP contribution in [-0.4, -0.2) is 55.0 Å². The highest BCUT2D eigenvalue weighted by Gasteiger charge is 2.15. The number of aryl methyl sites for hydroxylation is 1.